The minimum absolute atomic E-state index is 0.846. The normalized spacial score (nSPS) is 10.1. The van der Waals surface area contributed by atoms with Gasteiger partial charge in [-0.15, -0.1) is 0 Å². The zero-order valence-corrected chi connectivity index (χ0v) is 9.62. The van der Waals surface area contributed by atoms with Gasteiger partial charge in [-0.3, -0.25) is 0 Å². The van der Waals surface area contributed by atoms with Crippen molar-refractivity contribution in [2.45, 2.75) is 10.1 Å². The molecule has 2 aromatic rings. The van der Waals surface area contributed by atoms with E-state index in [-0.39, 0.29) is 0 Å². The summed E-state index contributed by atoms with van der Waals surface area (Å²) in [6, 6.07) is 11.7. The Bertz CT molecular complexity index is 419. The second-order valence-electron chi connectivity index (χ2n) is 2.57. The van der Waals surface area contributed by atoms with Gasteiger partial charge in [0.2, 0.25) is 0 Å². The lowest BCUT2D eigenvalue weighted by Gasteiger charge is -1.99. The summed E-state index contributed by atoms with van der Waals surface area (Å²) in [5.74, 6) is 0. The van der Waals surface area contributed by atoms with Crippen LogP contribution >= 0.6 is 27.7 Å². The number of pyridine rings is 2. The SMILES string of the molecule is Brc1cccc(Sc2ccccn2)n1. The molecule has 2 rings (SSSR count). The fourth-order valence-corrected chi connectivity index (χ4v) is 2.19. The largest absolute Gasteiger partial charge is 0.250 e. The molecule has 0 unspecified atom stereocenters. The van der Waals surface area contributed by atoms with E-state index in [0.717, 1.165) is 14.7 Å². The number of hydrogen-bond donors (Lipinski definition) is 0. The van der Waals surface area contributed by atoms with Crippen molar-refractivity contribution in [2.24, 2.45) is 0 Å². The van der Waals surface area contributed by atoms with E-state index >= 15 is 0 Å². The summed E-state index contributed by atoms with van der Waals surface area (Å²) in [7, 11) is 0. The molecule has 4 heteroatoms. The average Bonchev–Trinajstić information content (AvgIpc) is 2.19. The molecule has 0 spiro atoms. The molecule has 0 radical (unpaired) electrons. The van der Waals surface area contributed by atoms with Gasteiger partial charge >= 0.3 is 0 Å². The zero-order chi connectivity index (χ0) is 9.80. The van der Waals surface area contributed by atoms with E-state index in [1.165, 1.54) is 0 Å². The zero-order valence-electron chi connectivity index (χ0n) is 7.22. The molecule has 0 atom stereocenters. The van der Waals surface area contributed by atoms with Crippen LogP contribution in [0.25, 0.3) is 0 Å². The van der Waals surface area contributed by atoms with E-state index in [9.17, 15) is 0 Å². The Hall–Kier alpha value is -0.870. The van der Waals surface area contributed by atoms with E-state index in [1.807, 2.05) is 36.4 Å². The molecule has 2 heterocycles. The van der Waals surface area contributed by atoms with Crippen LogP contribution in [0.5, 0.6) is 0 Å². The Labute approximate surface area is 94.9 Å². The van der Waals surface area contributed by atoms with Crippen LogP contribution in [0.3, 0.4) is 0 Å². The smallest absolute Gasteiger partial charge is 0.107 e. The summed E-state index contributed by atoms with van der Waals surface area (Å²) in [5, 5.41) is 1.90. The van der Waals surface area contributed by atoms with Crippen molar-refractivity contribution < 1.29 is 0 Å². The van der Waals surface area contributed by atoms with Crippen LogP contribution in [0.15, 0.2) is 57.3 Å². The predicted molar refractivity (Wildman–Crippen MR) is 60.3 cm³/mol. The van der Waals surface area contributed by atoms with E-state index in [1.54, 1.807) is 18.0 Å². The highest BCUT2D eigenvalue weighted by atomic mass is 79.9. The Morgan fingerprint density at radius 3 is 2.57 bits per heavy atom. The van der Waals surface area contributed by atoms with Crippen LogP contribution in [0.2, 0.25) is 0 Å². The van der Waals surface area contributed by atoms with Crippen LogP contribution in [0.4, 0.5) is 0 Å². The van der Waals surface area contributed by atoms with Gasteiger partial charge in [-0.2, -0.15) is 0 Å². The highest BCUT2D eigenvalue weighted by Gasteiger charge is 1.98. The average molecular weight is 267 g/mol. The summed E-state index contributed by atoms with van der Waals surface area (Å²) in [5.41, 5.74) is 0. The summed E-state index contributed by atoms with van der Waals surface area (Å²) in [6.07, 6.45) is 1.78. The van der Waals surface area contributed by atoms with Crippen molar-refractivity contribution in [3.63, 3.8) is 0 Å². The minimum Gasteiger partial charge on any atom is -0.250 e. The lowest BCUT2D eigenvalue weighted by Crippen LogP contribution is -1.81. The molecular formula is C10H7BrN2S. The topological polar surface area (TPSA) is 25.8 Å². The number of rotatable bonds is 2. The van der Waals surface area contributed by atoms with Crippen LogP contribution in [-0.2, 0) is 0 Å². The van der Waals surface area contributed by atoms with Crippen molar-refractivity contribution in [1.29, 1.82) is 0 Å². The number of nitrogens with zero attached hydrogens (tertiary/aromatic N) is 2. The minimum atomic E-state index is 0.846. The fourth-order valence-electron chi connectivity index (χ4n) is 0.961. The molecule has 0 aliphatic heterocycles. The molecule has 0 aliphatic carbocycles. The third kappa shape index (κ3) is 2.56. The molecule has 0 bridgehead atoms. The van der Waals surface area contributed by atoms with Crippen LogP contribution < -0.4 is 0 Å². The Balaban J connectivity index is 2.19. The van der Waals surface area contributed by atoms with Crippen LogP contribution in [0, 0.1) is 0 Å². The first-order valence-corrected chi connectivity index (χ1v) is 5.67. The van der Waals surface area contributed by atoms with Crippen LogP contribution in [-0.4, -0.2) is 9.97 Å². The first-order valence-electron chi connectivity index (χ1n) is 4.06. The van der Waals surface area contributed by atoms with Crippen molar-refractivity contribution in [2.75, 3.05) is 0 Å². The first-order chi connectivity index (χ1) is 6.84. The third-order valence-corrected chi connectivity index (χ3v) is 2.87. The molecule has 0 saturated heterocycles. The summed E-state index contributed by atoms with van der Waals surface area (Å²) >= 11 is 4.88. The summed E-state index contributed by atoms with van der Waals surface area (Å²) in [4.78, 5) is 8.52. The standard InChI is InChI=1S/C10H7BrN2S/c11-8-4-3-6-10(13-8)14-9-5-1-2-7-12-9/h1-7H. The maximum Gasteiger partial charge on any atom is 0.107 e. The third-order valence-electron chi connectivity index (χ3n) is 1.54. The van der Waals surface area contributed by atoms with E-state index in [2.05, 4.69) is 25.9 Å². The highest BCUT2D eigenvalue weighted by Crippen LogP contribution is 2.24. The lowest BCUT2D eigenvalue weighted by atomic mass is 10.5. The Kier molecular flexibility index (Phi) is 3.16. The number of halogens is 1. The van der Waals surface area contributed by atoms with Gasteiger partial charge in [0.25, 0.3) is 0 Å². The molecule has 14 heavy (non-hydrogen) atoms. The van der Waals surface area contributed by atoms with Crippen molar-refractivity contribution in [3.05, 3.63) is 47.2 Å². The van der Waals surface area contributed by atoms with Gasteiger partial charge in [0.1, 0.15) is 14.7 Å². The van der Waals surface area contributed by atoms with E-state index < -0.39 is 0 Å². The van der Waals surface area contributed by atoms with Gasteiger partial charge < -0.3 is 0 Å². The molecule has 70 valence electrons. The molecule has 0 fully saturated rings. The summed E-state index contributed by atoms with van der Waals surface area (Å²) < 4.78 is 0.846. The lowest BCUT2D eigenvalue weighted by molar-refractivity contribution is 1.08. The Morgan fingerprint density at radius 2 is 1.86 bits per heavy atom. The van der Waals surface area contributed by atoms with Crippen molar-refractivity contribution in [1.82, 2.24) is 9.97 Å². The molecule has 0 N–H and O–H groups in total. The second-order valence-corrected chi connectivity index (χ2v) is 4.42. The maximum atomic E-state index is 4.31. The van der Waals surface area contributed by atoms with E-state index in [0.29, 0.717) is 0 Å². The monoisotopic (exact) mass is 266 g/mol. The maximum absolute atomic E-state index is 4.31. The van der Waals surface area contributed by atoms with Gasteiger partial charge in [-0.05, 0) is 40.2 Å². The van der Waals surface area contributed by atoms with Gasteiger partial charge in [0, 0.05) is 6.20 Å². The molecule has 0 saturated carbocycles. The molecule has 2 aromatic heterocycles. The summed E-state index contributed by atoms with van der Waals surface area (Å²) in [6.45, 7) is 0. The number of aromatic nitrogens is 2. The van der Waals surface area contributed by atoms with Crippen LogP contribution in [0.1, 0.15) is 0 Å². The predicted octanol–water partition coefficient (Wildman–Crippen LogP) is 3.39. The highest BCUT2D eigenvalue weighted by molar-refractivity contribution is 9.10. The molecule has 0 aliphatic rings. The van der Waals surface area contributed by atoms with Gasteiger partial charge in [0.15, 0.2) is 0 Å². The van der Waals surface area contributed by atoms with Crippen molar-refractivity contribution in [3.8, 4) is 0 Å². The van der Waals surface area contributed by atoms with Gasteiger partial charge in [0.05, 0.1) is 0 Å². The molecule has 0 aromatic carbocycles. The molecular weight excluding hydrogens is 260 g/mol. The Morgan fingerprint density at radius 1 is 1.00 bits per heavy atom. The van der Waals surface area contributed by atoms with Crippen molar-refractivity contribution >= 4 is 27.7 Å². The quantitative estimate of drug-likeness (QED) is 0.780. The molecule has 0 amide bonds. The second kappa shape index (κ2) is 4.57. The van der Waals surface area contributed by atoms with Gasteiger partial charge in [-0.25, -0.2) is 9.97 Å². The first kappa shape index (κ1) is 9.68. The number of hydrogen-bond acceptors (Lipinski definition) is 3. The molecule has 2 nitrogen and oxygen atoms in total. The van der Waals surface area contributed by atoms with Gasteiger partial charge in [-0.1, -0.05) is 23.9 Å². The fraction of sp³-hybridized carbons (Fsp3) is 0. The van der Waals surface area contributed by atoms with E-state index in [4.69, 9.17) is 0 Å².